The Morgan fingerprint density at radius 3 is 2.24 bits per heavy atom. The SMILES string of the molecule is CCN(CC)C(C)(CC)C(Cc1c(C)nn(C)c1Cl)NC. The zero-order valence-corrected chi connectivity index (χ0v) is 15.4. The molecule has 2 unspecified atom stereocenters. The van der Waals surface area contributed by atoms with Gasteiger partial charge < -0.3 is 5.32 Å². The lowest BCUT2D eigenvalue weighted by Crippen LogP contribution is -2.59. The first-order valence-corrected chi connectivity index (χ1v) is 8.33. The first kappa shape index (κ1) is 18.5. The van der Waals surface area contributed by atoms with Crippen LogP contribution in [0.15, 0.2) is 0 Å². The van der Waals surface area contributed by atoms with Crippen LogP contribution in [0.4, 0.5) is 0 Å². The lowest BCUT2D eigenvalue weighted by atomic mass is 9.83. The summed E-state index contributed by atoms with van der Waals surface area (Å²) in [6, 6.07) is 0.336. The third kappa shape index (κ3) is 3.61. The van der Waals surface area contributed by atoms with E-state index in [0.29, 0.717) is 6.04 Å². The van der Waals surface area contributed by atoms with Crippen LogP contribution in [-0.2, 0) is 13.5 Å². The Morgan fingerprint density at radius 1 is 1.33 bits per heavy atom. The number of hydrogen-bond donors (Lipinski definition) is 1. The van der Waals surface area contributed by atoms with Gasteiger partial charge in [0.05, 0.1) is 5.69 Å². The van der Waals surface area contributed by atoms with Crippen LogP contribution in [0.3, 0.4) is 0 Å². The number of rotatable bonds is 8. The van der Waals surface area contributed by atoms with Crippen molar-refractivity contribution >= 4 is 11.6 Å². The van der Waals surface area contributed by atoms with Crippen LogP contribution in [0.25, 0.3) is 0 Å². The van der Waals surface area contributed by atoms with Gasteiger partial charge in [0, 0.05) is 24.2 Å². The molecule has 1 N–H and O–H groups in total. The molecule has 1 rings (SSSR count). The van der Waals surface area contributed by atoms with Crippen LogP contribution >= 0.6 is 11.6 Å². The minimum absolute atomic E-state index is 0.101. The van der Waals surface area contributed by atoms with E-state index in [4.69, 9.17) is 11.6 Å². The number of halogens is 1. The van der Waals surface area contributed by atoms with E-state index in [1.54, 1.807) is 4.68 Å². The van der Waals surface area contributed by atoms with Crippen molar-refractivity contribution in [2.45, 2.75) is 59.0 Å². The Balaban J connectivity index is 3.10. The summed E-state index contributed by atoms with van der Waals surface area (Å²) in [6.07, 6.45) is 1.99. The smallest absolute Gasteiger partial charge is 0.130 e. The Bertz CT molecular complexity index is 453. The highest BCUT2D eigenvalue weighted by atomic mass is 35.5. The van der Waals surface area contributed by atoms with Crippen molar-refractivity contribution < 1.29 is 0 Å². The lowest BCUT2D eigenvalue weighted by Gasteiger charge is -2.45. The van der Waals surface area contributed by atoms with Gasteiger partial charge >= 0.3 is 0 Å². The lowest BCUT2D eigenvalue weighted by molar-refractivity contribution is 0.0730. The summed E-state index contributed by atoms with van der Waals surface area (Å²) in [7, 11) is 3.94. The molecule has 0 aliphatic carbocycles. The molecule has 5 heteroatoms. The fraction of sp³-hybridized carbons (Fsp3) is 0.812. The summed E-state index contributed by atoms with van der Waals surface area (Å²) in [5.41, 5.74) is 2.29. The van der Waals surface area contributed by atoms with E-state index in [1.807, 2.05) is 21.0 Å². The van der Waals surface area contributed by atoms with Gasteiger partial charge in [-0.1, -0.05) is 32.4 Å². The molecule has 0 saturated heterocycles. The van der Waals surface area contributed by atoms with E-state index < -0.39 is 0 Å². The first-order valence-electron chi connectivity index (χ1n) is 7.95. The van der Waals surface area contributed by atoms with Crippen LogP contribution in [-0.4, -0.2) is 46.4 Å². The predicted molar refractivity (Wildman–Crippen MR) is 91.1 cm³/mol. The largest absolute Gasteiger partial charge is 0.315 e. The van der Waals surface area contributed by atoms with Gasteiger partial charge in [0.1, 0.15) is 5.15 Å². The number of likely N-dealkylation sites (N-methyl/N-ethyl adjacent to an activating group) is 2. The van der Waals surface area contributed by atoms with Gasteiger partial charge in [0.2, 0.25) is 0 Å². The fourth-order valence-electron chi connectivity index (χ4n) is 3.38. The molecule has 0 aliphatic rings. The zero-order valence-electron chi connectivity index (χ0n) is 14.6. The molecule has 0 spiro atoms. The number of aryl methyl sites for hydroxylation is 2. The molecule has 0 bridgehead atoms. The molecule has 0 amide bonds. The quantitative estimate of drug-likeness (QED) is 0.800. The van der Waals surface area contributed by atoms with Crippen molar-refractivity contribution in [1.82, 2.24) is 20.0 Å². The summed E-state index contributed by atoms with van der Waals surface area (Å²) in [5, 5.41) is 8.71. The average molecular weight is 315 g/mol. The summed E-state index contributed by atoms with van der Waals surface area (Å²) in [6.45, 7) is 13.2. The highest BCUT2D eigenvalue weighted by Gasteiger charge is 2.37. The summed E-state index contributed by atoms with van der Waals surface area (Å²) >= 11 is 6.41. The minimum Gasteiger partial charge on any atom is -0.315 e. The Labute approximate surface area is 134 Å². The van der Waals surface area contributed by atoms with Gasteiger partial charge in [0.15, 0.2) is 0 Å². The van der Waals surface area contributed by atoms with Gasteiger partial charge in [-0.15, -0.1) is 0 Å². The third-order valence-electron chi connectivity index (χ3n) is 4.98. The molecule has 1 aromatic rings. The highest BCUT2D eigenvalue weighted by molar-refractivity contribution is 6.30. The third-order valence-corrected chi connectivity index (χ3v) is 5.45. The molecule has 21 heavy (non-hydrogen) atoms. The van der Waals surface area contributed by atoms with Crippen LogP contribution in [0.5, 0.6) is 0 Å². The van der Waals surface area contributed by atoms with Crippen molar-refractivity contribution in [3.05, 3.63) is 16.4 Å². The molecule has 1 heterocycles. The van der Waals surface area contributed by atoms with E-state index in [1.165, 1.54) is 0 Å². The van der Waals surface area contributed by atoms with Crippen molar-refractivity contribution in [2.75, 3.05) is 20.1 Å². The van der Waals surface area contributed by atoms with Crippen LogP contribution in [0, 0.1) is 6.92 Å². The second-order valence-electron chi connectivity index (χ2n) is 5.91. The monoisotopic (exact) mass is 314 g/mol. The molecule has 2 atom stereocenters. The van der Waals surface area contributed by atoms with Crippen molar-refractivity contribution in [3.63, 3.8) is 0 Å². The van der Waals surface area contributed by atoms with Crippen molar-refractivity contribution in [3.8, 4) is 0 Å². The Kier molecular flexibility index (Phi) is 6.70. The Hall–Kier alpha value is -0.580. The number of nitrogens with one attached hydrogen (secondary N) is 1. The van der Waals surface area contributed by atoms with Gasteiger partial charge in [-0.2, -0.15) is 5.10 Å². The van der Waals surface area contributed by atoms with Gasteiger partial charge in [-0.3, -0.25) is 9.58 Å². The van der Waals surface area contributed by atoms with E-state index in [0.717, 1.165) is 42.3 Å². The van der Waals surface area contributed by atoms with Crippen LogP contribution in [0.1, 0.15) is 45.4 Å². The normalized spacial score (nSPS) is 16.2. The average Bonchev–Trinajstić information content (AvgIpc) is 2.71. The molecule has 122 valence electrons. The maximum Gasteiger partial charge on any atom is 0.130 e. The van der Waals surface area contributed by atoms with Crippen molar-refractivity contribution in [2.24, 2.45) is 7.05 Å². The van der Waals surface area contributed by atoms with E-state index in [-0.39, 0.29) is 5.54 Å². The van der Waals surface area contributed by atoms with Crippen LogP contribution < -0.4 is 5.32 Å². The minimum atomic E-state index is 0.101. The van der Waals surface area contributed by atoms with E-state index in [9.17, 15) is 0 Å². The molecule has 0 radical (unpaired) electrons. The molecule has 0 saturated carbocycles. The zero-order chi connectivity index (χ0) is 16.2. The maximum atomic E-state index is 6.41. The summed E-state index contributed by atoms with van der Waals surface area (Å²) in [5.74, 6) is 0. The summed E-state index contributed by atoms with van der Waals surface area (Å²) in [4.78, 5) is 2.54. The summed E-state index contributed by atoms with van der Waals surface area (Å²) < 4.78 is 1.76. The molecular formula is C16H31ClN4. The topological polar surface area (TPSA) is 33.1 Å². The predicted octanol–water partition coefficient (Wildman–Crippen LogP) is 3.02. The standard InChI is InChI=1S/C16H31ClN4/c1-8-16(5,21(9-2)10-3)14(18-6)11-13-12(4)19-20(7)15(13)17/h14,18H,8-11H2,1-7H3. The Morgan fingerprint density at radius 2 is 1.90 bits per heavy atom. The molecular weight excluding hydrogens is 284 g/mol. The van der Waals surface area contributed by atoms with Gasteiger partial charge in [-0.05, 0) is 46.8 Å². The molecule has 4 nitrogen and oxygen atoms in total. The molecule has 0 aliphatic heterocycles. The number of hydrogen-bond acceptors (Lipinski definition) is 3. The van der Waals surface area contributed by atoms with E-state index in [2.05, 4.69) is 43.0 Å². The second kappa shape index (κ2) is 7.61. The maximum absolute atomic E-state index is 6.41. The van der Waals surface area contributed by atoms with Crippen LogP contribution in [0.2, 0.25) is 5.15 Å². The molecule has 0 aromatic carbocycles. The number of aromatic nitrogens is 2. The molecule has 1 aromatic heterocycles. The fourth-order valence-corrected chi connectivity index (χ4v) is 3.63. The molecule has 0 fully saturated rings. The van der Waals surface area contributed by atoms with Crippen molar-refractivity contribution in [1.29, 1.82) is 0 Å². The van der Waals surface area contributed by atoms with Gasteiger partial charge in [0.25, 0.3) is 0 Å². The second-order valence-corrected chi connectivity index (χ2v) is 6.26. The highest BCUT2D eigenvalue weighted by Crippen LogP contribution is 2.29. The van der Waals surface area contributed by atoms with Gasteiger partial charge in [-0.25, -0.2) is 0 Å². The number of nitrogens with zero attached hydrogens (tertiary/aromatic N) is 3. The first-order chi connectivity index (χ1) is 9.85. The van der Waals surface area contributed by atoms with E-state index >= 15 is 0 Å².